The van der Waals surface area contributed by atoms with Crippen LogP contribution in [-0.2, 0) is 7.05 Å². The molecule has 0 amide bonds. The third-order valence-electron chi connectivity index (χ3n) is 5.98. The van der Waals surface area contributed by atoms with Gasteiger partial charge in [-0.1, -0.05) is 6.07 Å². The van der Waals surface area contributed by atoms with Crippen molar-refractivity contribution < 1.29 is 4.74 Å². The molecule has 1 saturated heterocycles. The maximum atomic E-state index is 5.66. The average Bonchev–Trinajstić information content (AvgIpc) is 3.38. The molecule has 5 rings (SSSR count). The van der Waals surface area contributed by atoms with E-state index in [-0.39, 0.29) is 0 Å². The van der Waals surface area contributed by atoms with Gasteiger partial charge in [-0.3, -0.25) is 0 Å². The van der Waals surface area contributed by atoms with Crippen LogP contribution in [0, 0.1) is 6.92 Å². The number of hydrogen-bond acceptors (Lipinski definition) is 5. The van der Waals surface area contributed by atoms with Crippen molar-refractivity contribution in [2.75, 3.05) is 30.4 Å². The lowest BCUT2D eigenvalue weighted by molar-refractivity contribution is 0.413. The zero-order valence-electron chi connectivity index (χ0n) is 18.3. The van der Waals surface area contributed by atoms with Crippen molar-refractivity contribution in [1.82, 2.24) is 19.1 Å². The van der Waals surface area contributed by atoms with Gasteiger partial charge >= 0.3 is 0 Å². The van der Waals surface area contributed by atoms with E-state index in [0.717, 1.165) is 58.6 Å². The molecule has 1 aliphatic heterocycles. The van der Waals surface area contributed by atoms with Gasteiger partial charge in [0.1, 0.15) is 11.3 Å². The summed E-state index contributed by atoms with van der Waals surface area (Å²) in [6, 6.07) is 12.4. The average molecular weight is 417 g/mol. The first-order chi connectivity index (χ1) is 15.1. The van der Waals surface area contributed by atoms with Gasteiger partial charge in [0.05, 0.1) is 36.0 Å². The van der Waals surface area contributed by atoms with Gasteiger partial charge in [-0.15, -0.1) is 0 Å². The third-order valence-corrected chi connectivity index (χ3v) is 5.98. The number of imidazole rings is 2. The van der Waals surface area contributed by atoms with Crippen molar-refractivity contribution in [2.45, 2.75) is 26.2 Å². The van der Waals surface area contributed by atoms with Gasteiger partial charge in [0.15, 0.2) is 0 Å². The summed E-state index contributed by atoms with van der Waals surface area (Å²) in [5.41, 5.74) is 5.98. The quantitative estimate of drug-likeness (QED) is 0.506. The molecule has 160 valence electrons. The van der Waals surface area contributed by atoms with Crippen molar-refractivity contribution in [2.24, 2.45) is 7.05 Å². The topological polar surface area (TPSA) is 60.1 Å². The van der Waals surface area contributed by atoms with Crippen molar-refractivity contribution in [1.29, 1.82) is 0 Å². The number of aromatic nitrogens is 4. The van der Waals surface area contributed by atoms with Gasteiger partial charge in [-0.2, -0.15) is 0 Å². The zero-order valence-corrected chi connectivity index (χ0v) is 18.3. The van der Waals surface area contributed by atoms with E-state index in [1.165, 1.54) is 19.3 Å². The number of rotatable bonds is 5. The highest BCUT2D eigenvalue weighted by Crippen LogP contribution is 2.33. The molecule has 0 spiro atoms. The maximum Gasteiger partial charge on any atom is 0.206 e. The van der Waals surface area contributed by atoms with Crippen LogP contribution in [0.5, 0.6) is 5.75 Å². The molecule has 1 N–H and O–H groups in total. The Morgan fingerprint density at radius 1 is 1.06 bits per heavy atom. The molecular formula is C24H28N6O. The monoisotopic (exact) mass is 416 g/mol. The molecule has 1 aliphatic rings. The molecule has 0 unspecified atom stereocenters. The molecule has 7 nitrogen and oxygen atoms in total. The number of ether oxygens (including phenoxy) is 1. The van der Waals surface area contributed by atoms with Crippen LogP contribution in [0.3, 0.4) is 0 Å². The molecule has 0 radical (unpaired) electrons. The van der Waals surface area contributed by atoms with Crippen molar-refractivity contribution in [3.8, 4) is 11.4 Å². The Hall–Kier alpha value is -3.48. The summed E-state index contributed by atoms with van der Waals surface area (Å²) >= 11 is 0. The highest BCUT2D eigenvalue weighted by atomic mass is 16.5. The Morgan fingerprint density at radius 2 is 1.90 bits per heavy atom. The molecule has 7 heteroatoms. The largest absolute Gasteiger partial charge is 0.494 e. The van der Waals surface area contributed by atoms with Crippen LogP contribution in [0.15, 0.2) is 48.9 Å². The first kappa shape index (κ1) is 19.5. The fraction of sp³-hybridized carbons (Fsp3) is 0.333. The third kappa shape index (κ3) is 3.60. The van der Waals surface area contributed by atoms with Gasteiger partial charge in [-0.25, -0.2) is 9.97 Å². The van der Waals surface area contributed by atoms with E-state index in [1.807, 2.05) is 29.8 Å². The summed E-state index contributed by atoms with van der Waals surface area (Å²) in [7, 11) is 3.80. The number of anilines is 3. The Morgan fingerprint density at radius 3 is 2.65 bits per heavy atom. The first-order valence-electron chi connectivity index (χ1n) is 10.8. The number of fused-ring (bicyclic) bond motifs is 1. The van der Waals surface area contributed by atoms with Crippen LogP contribution >= 0.6 is 0 Å². The summed E-state index contributed by atoms with van der Waals surface area (Å²) in [6.45, 7) is 4.13. The smallest absolute Gasteiger partial charge is 0.206 e. The van der Waals surface area contributed by atoms with Gasteiger partial charge < -0.3 is 24.1 Å². The van der Waals surface area contributed by atoms with Gasteiger partial charge in [-0.05, 0) is 50.5 Å². The SMILES string of the molecule is COc1cc(Nc2cccc3c2nc(N2CCCCC2)n3C)ccc1-n1cnc(C)c1. The molecule has 2 aromatic heterocycles. The fourth-order valence-electron chi connectivity index (χ4n) is 4.36. The van der Waals surface area contributed by atoms with Crippen LogP contribution in [-0.4, -0.2) is 39.3 Å². The summed E-state index contributed by atoms with van der Waals surface area (Å²) in [6.07, 6.45) is 7.57. The predicted molar refractivity (Wildman–Crippen MR) is 125 cm³/mol. The van der Waals surface area contributed by atoms with Crippen molar-refractivity contribution >= 4 is 28.4 Å². The van der Waals surface area contributed by atoms with E-state index in [0.29, 0.717) is 0 Å². The van der Waals surface area contributed by atoms with E-state index >= 15 is 0 Å². The van der Waals surface area contributed by atoms with Gasteiger partial charge in [0, 0.05) is 38.1 Å². The minimum absolute atomic E-state index is 0.782. The molecular weight excluding hydrogens is 388 g/mol. The Bertz CT molecular complexity index is 1220. The lowest BCUT2D eigenvalue weighted by Crippen LogP contribution is -2.31. The predicted octanol–water partition coefficient (Wildman–Crippen LogP) is 4.81. The number of nitrogens with one attached hydrogen (secondary N) is 1. The summed E-state index contributed by atoms with van der Waals surface area (Å²) in [5, 5.41) is 3.55. The lowest BCUT2D eigenvalue weighted by atomic mass is 10.1. The molecule has 0 aliphatic carbocycles. The molecule has 31 heavy (non-hydrogen) atoms. The van der Waals surface area contributed by atoms with Crippen molar-refractivity contribution in [3.63, 3.8) is 0 Å². The molecule has 0 atom stereocenters. The van der Waals surface area contributed by atoms with E-state index in [2.05, 4.69) is 51.1 Å². The number of methoxy groups -OCH3 is 1. The summed E-state index contributed by atoms with van der Waals surface area (Å²) in [5.74, 6) is 1.83. The Kier molecular flexibility index (Phi) is 5.02. The summed E-state index contributed by atoms with van der Waals surface area (Å²) < 4.78 is 9.84. The molecule has 1 fully saturated rings. The Labute approximate surface area is 182 Å². The maximum absolute atomic E-state index is 5.66. The van der Waals surface area contributed by atoms with Gasteiger partial charge in [0.25, 0.3) is 0 Å². The fourth-order valence-corrected chi connectivity index (χ4v) is 4.36. The van der Waals surface area contributed by atoms with E-state index in [4.69, 9.17) is 9.72 Å². The second-order valence-electron chi connectivity index (χ2n) is 8.13. The van der Waals surface area contributed by atoms with Crippen molar-refractivity contribution in [3.05, 3.63) is 54.6 Å². The zero-order chi connectivity index (χ0) is 21.4. The number of aryl methyl sites for hydroxylation is 2. The number of hydrogen-bond donors (Lipinski definition) is 1. The summed E-state index contributed by atoms with van der Waals surface area (Å²) in [4.78, 5) is 11.7. The number of piperidine rings is 1. The lowest BCUT2D eigenvalue weighted by Gasteiger charge is -2.27. The van der Waals surface area contributed by atoms with Crippen LogP contribution < -0.4 is 15.0 Å². The second kappa shape index (κ2) is 7.98. The van der Waals surface area contributed by atoms with E-state index < -0.39 is 0 Å². The van der Waals surface area contributed by atoms with Crippen LogP contribution in [0.2, 0.25) is 0 Å². The highest BCUT2D eigenvalue weighted by molar-refractivity contribution is 5.92. The standard InChI is InChI=1S/C24H28N6O/c1-17-15-30(16-25-17)20-11-10-18(14-22(20)31-3)26-19-8-7-9-21-23(19)27-24(28(21)2)29-12-5-4-6-13-29/h7-11,14-16,26H,4-6,12-13H2,1-3H3. The minimum atomic E-state index is 0.782. The van der Waals surface area contributed by atoms with Crippen LogP contribution in [0.25, 0.3) is 16.7 Å². The minimum Gasteiger partial charge on any atom is -0.494 e. The highest BCUT2D eigenvalue weighted by Gasteiger charge is 2.19. The van der Waals surface area contributed by atoms with Crippen LogP contribution in [0.1, 0.15) is 25.0 Å². The molecule has 2 aromatic carbocycles. The van der Waals surface area contributed by atoms with E-state index in [9.17, 15) is 0 Å². The number of benzene rings is 2. The molecule has 0 bridgehead atoms. The normalized spacial score (nSPS) is 14.2. The van der Waals surface area contributed by atoms with E-state index in [1.54, 1.807) is 13.4 Å². The molecule has 3 heterocycles. The molecule has 0 saturated carbocycles. The molecule has 4 aromatic rings. The first-order valence-corrected chi connectivity index (χ1v) is 10.8. The Balaban J connectivity index is 1.49. The number of nitrogens with zero attached hydrogens (tertiary/aromatic N) is 5. The van der Waals surface area contributed by atoms with Crippen LogP contribution in [0.4, 0.5) is 17.3 Å². The second-order valence-corrected chi connectivity index (χ2v) is 8.13. The van der Waals surface area contributed by atoms with Gasteiger partial charge in [0.2, 0.25) is 5.95 Å². The number of para-hydroxylation sites is 1.